The van der Waals surface area contributed by atoms with Crippen LogP contribution in [0.4, 0.5) is 0 Å². The first-order valence-corrected chi connectivity index (χ1v) is 13.4. The number of amides is 2. The highest BCUT2D eigenvalue weighted by Gasteiger charge is 2.56. The Morgan fingerprint density at radius 2 is 2.14 bits per heavy atom. The van der Waals surface area contributed by atoms with Crippen molar-refractivity contribution in [2.75, 3.05) is 27.2 Å². The molecule has 3 aliphatic heterocycles. The van der Waals surface area contributed by atoms with Crippen LogP contribution in [0.3, 0.4) is 0 Å². The SMILES string of the molecule is CN(C)OOSc1ccc2c(c1)CC[C@@H]2N1C(=O)[C@H]2C[C@@H]1CN2C[C@H](N)C(=O)N1C2C[C@H]2C[C@H]1C#N. The number of piperidine rings is 1. The Morgan fingerprint density at radius 1 is 1.31 bits per heavy atom. The zero-order valence-corrected chi connectivity index (χ0v) is 21.4. The van der Waals surface area contributed by atoms with Crippen molar-refractivity contribution in [3.05, 3.63) is 29.3 Å². The average Bonchev–Trinajstić information content (AvgIpc) is 3.18. The number of nitriles is 1. The minimum atomic E-state index is -0.706. The van der Waals surface area contributed by atoms with Crippen molar-refractivity contribution in [3.8, 4) is 6.07 Å². The normalized spacial score (nSPS) is 33.2. The summed E-state index contributed by atoms with van der Waals surface area (Å²) in [7, 11) is 3.50. The Kier molecular flexibility index (Phi) is 6.22. The van der Waals surface area contributed by atoms with Gasteiger partial charge in [0, 0.05) is 44.2 Å². The topological polar surface area (TPSA) is 115 Å². The van der Waals surface area contributed by atoms with E-state index in [0.29, 0.717) is 12.5 Å². The molecule has 1 unspecified atom stereocenters. The van der Waals surface area contributed by atoms with Crippen LogP contribution in [0.5, 0.6) is 0 Å². The van der Waals surface area contributed by atoms with Gasteiger partial charge < -0.3 is 15.5 Å². The summed E-state index contributed by atoms with van der Waals surface area (Å²) in [4.78, 5) is 38.4. The standard InChI is InChI=1S/C25H32N6O4S/c1-28(2)34-35-36-18-4-5-19-14(8-18)3-6-21(19)31-17-10-23(25(31)33)29(12-17)13-20(27)24(32)30-16(11-26)7-15-9-22(15)30/h4-5,8,15-17,20-23H,3,6-7,9-10,12-13,27H2,1-2H3/t15-,16+,17-,20+,21+,22?,23-/m1/s1. The maximum atomic E-state index is 13.5. The van der Waals surface area contributed by atoms with Gasteiger partial charge in [-0.3, -0.25) is 14.5 Å². The highest BCUT2D eigenvalue weighted by atomic mass is 32.2. The van der Waals surface area contributed by atoms with Gasteiger partial charge in [0.1, 0.15) is 6.04 Å². The molecule has 2 N–H and O–H groups in total. The minimum absolute atomic E-state index is 0.0886. The highest BCUT2D eigenvalue weighted by molar-refractivity contribution is 7.94. The number of rotatable bonds is 8. The quantitative estimate of drug-likeness (QED) is 0.312. The molecule has 192 valence electrons. The molecule has 0 radical (unpaired) electrons. The van der Waals surface area contributed by atoms with Crippen LogP contribution in [0.2, 0.25) is 0 Å². The van der Waals surface area contributed by atoms with Gasteiger partial charge in [-0.2, -0.15) is 10.3 Å². The van der Waals surface area contributed by atoms with E-state index < -0.39 is 6.04 Å². The van der Waals surface area contributed by atoms with Crippen LogP contribution >= 0.6 is 12.0 Å². The van der Waals surface area contributed by atoms with Crippen molar-refractivity contribution >= 4 is 23.9 Å². The molecule has 11 heteroatoms. The maximum absolute atomic E-state index is 13.5. The van der Waals surface area contributed by atoms with Crippen molar-refractivity contribution in [3.63, 3.8) is 0 Å². The lowest BCUT2D eigenvalue weighted by atomic mass is 10.1. The van der Waals surface area contributed by atoms with E-state index in [1.54, 1.807) is 19.0 Å². The van der Waals surface area contributed by atoms with E-state index in [1.165, 1.54) is 28.2 Å². The Hall–Kier alpha value is -2.20. The summed E-state index contributed by atoms with van der Waals surface area (Å²) >= 11 is 1.17. The first-order chi connectivity index (χ1) is 17.4. The van der Waals surface area contributed by atoms with Crippen molar-refractivity contribution in [1.82, 2.24) is 19.8 Å². The van der Waals surface area contributed by atoms with Gasteiger partial charge in [0.05, 0.1) is 36.2 Å². The number of aryl methyl sites for hydroxylation is 1. The summed E-state index contributed by atoms with van der Waals surface area (Å²) in [6.45, 7) is 1.10. The zero-order chi connectivity index (χ0) is 25.1. The van der Waals surface area contributed by atoms with E-state index in [1.807, 2.05) is 6.07 Å². The third kappa shape index (κ3) is 4.10. The molecule has 1 aromatic carbocycles. The number of hydrogen-bond donors (Lipinski definition) is 1. The van der Waals surface area contributed by atoms with Crippen molar-refractivity contribution < 1.29 is 18.9 Å². The van der Waals surface area contributed by atoms with Crippen LogP contribution < -0.4 is 5.73 Å². The molecule has 3 heterocycles. The molecule has 3 saturated heterocycles. The second-order valence-electron chi connectivity index (χ2n) is 10.9. The molecule has 0 aromatic heterocycles. The molecule has 10 nitrogen and oxygen atoms in total. The van der Waals surface area contributed by atoms with E-state index in [2.05, 4.69) is 28.0 Å². The Morgan fingerprint density at radius 3 is 2.89 bits per heavy atom. The van der Waals surface area contributed by atoms with Crippen LogP contribution in [-0.4, -0.2) is 89.0 Å². The van der Waals surface area contributed by atoms with E-state index >= 15 is 0 Å². The smallest absolute Gasteiger partial charge is 0.242 e. The van der Waals surface area contributed by atoms with Gasteiger partial charge >= 0.3 is 0 Å². The minimum Gasteiger partial charge on any atom is -0.330 e. The second kappa shape index (κ2) is 9.28. The van der Waals surface area contributed by atoms with Crippen LogP contribution in [0.25, 0.3) is 0 Å². The summed E-state index contributed by atoms with van der Waals surface area (Å²) in [5, 5.41) is 10.9. The molecule has 4 fully saturated rings. The summed E-state index contributed by atoms with van der Waals surface area (Å²) in [5.41, 5.74) is 8.80. The molecule has 2 bridgehead atoms. The average molecular weight is 513 g/mol. The number of fused-ring (bicyclic) bond motifs is 4. The summed E-state index contributed by atoms with van der Waals surface area (Å²) in [6, 6.07) is 7.62. The van der Waals surface area contributed by atoms with Gasteiger partial charge in [0.25, 0.3) is 0 Å². The fourth-order valence-electron chi connectivity index (χ4n) is 6.74. The molecule has 5 aliphatic rings. The zero-order valence-electron chi connectivity index (χ0n) is 20.6. The molecular weight excluding hydrogens is 480 g/mol. The lowest BCUT2D eigenvalue weighted by molar-refractivity contribution is -0.340. The van der Waals surface area contributed by atoms with Crippen LogP contribution in [0.15, 0.2) is 23.1 Å². The van der Waals surface area contributed by atoms with Gasteiger partial charge in [-0.25, -0.2) is 0 Å². The van der Waals surface area contributed by atoms with Gasteiger partial charge in [-0.05, 0) is 61.3 Å². The Bertz CT molecular complexity index is 1110. The first-order valence-electron chi connectivity index (χ1n) is 12.7. The summed E-state index contributed by atoms with van der Waals surface area (Å²) in [6.07, 6.45) is 4.37. The van der Waals surface area contributed by atoms with Crippen LogP contribution in [-0.2, 0) is 25.3 Å². The fourth-order valence-corrected chi connectivity index (χ4v) is 7.28. The van der Waals surface area contributed by atoms with Crippen molar-refractivity contribution in [2.45, 2.75) is 73.3 Å². The Balaban J connectivity index is 1.08. The number of benzene rings is 1. The number of carbonyl (C=O) groups excluding carboxylic acids is 2. The van der Waals surface area contributed by atoms with Gasteiger partial charge in [-0.1, -0.05) is 6.07 Å². The molecule has 36 heavy (non-hydrogen) atoms. The number of carbonyl (C=O) groups is 2. The molecule has 0 spiro atoms. The predicted octanol–water partition coefficient (Wildman–Crippen LogP) is 1.23. The third-order valence-corrected chi connectivity index (χ3v) is 8.95. The van der Waals surface area contributed by atoms with E-state index in [4.69, 9.17) is 15.1 Å². The molecule has 1 aromatic rings. The molecule has 2 aliphatic carbocycles. The van der Waals surface area contributed by atoms with Crippen molar-refractivity contribution in [1.29, 1.82) is 5.26 Å². The predicted molar refractivity (Wildman–Crippen MR) is 131 cm³/mol. The van der Waals surface area contributed by atoms with E-state index in [-0.39, 0.29) is 42.0 Å². The first kappa shape index (κ1) is 24.2. The second-order valence-corrected chi connectivity index (χ2v) is 11.6. The lowest BCUT2D eigenvalue weighted by Gasteiger charge is -2.38. The summed E-state index contributed by atoms with van der Waals surface area (Å²) < 4.78 is 5.16. The molecule has 1 saturated carbocycles. The number of hydrogen-bond acceptors (Lipinski definition) is 9. The van der Waals surface area contributed by atoms with Crippen LogP contribution in [0, 0.1) is 17.2 Å². The largest absolute Gasteiger partial charge is 0.330 e. The third-order valence-electron chi connectivity index (χ3n) is 8.38. The number of nitrogens with two attached hydrogens (primary N) is 1. The van der Waals surface area contributed by atoms with E-state index in [0.717, 1.165) is 43.5 Å². The number of nitrogens with zero attached hydrogens (tertiary/aromatic N) is 5. The maximum Gasteiger partial charge on any atom is 0.242 e. The highest BCUT2D eigenvalue weighted by Crippen LogP contribution is 2.48. The Labute approximate surface area is 215 Å². The number of likely N-dealkylation sites (tertiary alicyclic amines) is 3. The van der Waals surface area contributed by atoms with Gasteiger partial charge in [0.2, 0.25) is 11.8 Å². The van der Waals surface area contributed by atoms with Gasteiger partial charge in [0.15, 0.2) is 0 Å². The fraction of sp³-hybridized carbons (Fsp3) is 0.640. The summed E-state index contributed by atoms with van der Waals surface area (Å²) in [5.74, 6) is 0.465. The number of hydroxylamine groups is 2. The van der Waals surface area contributed by atoms with E-state index in [9.17, 15) is 14.9 Å². The monoisotopic (exact) mass is 512 g/mol. The number of piperazine rings is 1. The lowest BCUT2D eigenvalue weighted by Crippen LogP contribution is -2.57. The van der Waals surface area contributed by atoms with Gasteiger partial charge in [-0.15, -0.1) is 9.32 Å². The molecule has 6 rings (SSSR count). The van der Waals surface area contributed by atoms with Crippen LogP contribution in [0.1, 0.15) is 42.9 Å². The molecular formula is C25H32N6O4S. The molecule has 7 atom stereocenters. The molecule has 2 amide bonds. The van der Waals surface area contributed by atoms with Crippen molar-refractivity contribution in [2.24, 2.45) is 11.7 Å².